The Labute approximate surface area is 131 Å². The lowest BCUT2D eigenvalue weighted by Gasteiger charge is -2.20. The largest absolute Gasteiger partial charge is 0.478 e. The summed E-state index contributed by atoms with van der Waals surface area (Å²) in [5.41, 5.74) is 0.300. The van der Waals surface area contributed by atoms with Gasteiger partial charge in [0.25, 0.3) is 0 Å². The zero-order valence-corrected chi connectivity index (χ0v) is 13.1. The van der Waals surface area contributed by atoms with Gasteiger partial charge in [-0.05, 0) is 31.5 Å². The van der Waals surface area contributed by atoms with Crippen molar-refractivity contribution in [1.29, 1.82) is 0 Å². The van der Waals surface area contributed by atoms with Crippen LogP contribution < -0.4 is 10.6 Å². The van der Waals surface area contributed by atoms with Crippen LogP contribution in [0.4, 0.5) is 10.5 Å². The lowest BCUT2D eigenvalue weighted by molar-refractivity contribution is 0.0698. The average Bonchev–Trinajstić information content (AvgIpc) is 2.91. The highest BCUT2D eigenvalue weighted by Crippen LogP contribution is 2.22. The van der Waals surface area contributed by atoms with Gasteiger partial charge in [-0.1, -0.05) is 15.9 Å². The fraction of sp³-hybridized carbons (Fsp3) is 0.429. The van der Waals surface area contributed by atoms with Gasteiger partial charge in [-0.3, -0.25) is 0 Å². The Bertz CT molecular complexity index is 544. The van der Waals surface area contributed by atoms with Gasteiger partial charge < -0.3 is 20.5 Å². The smallest absolute Gasteiger partial charge is 0.337 e. The van der Waals surface area contributed by atoms with Crippen LogP contribution in [-0.4, -0.2) is 36.4 Å². The molecule has 1 aromatic rings. The average molecular weight is 357 g/mol. The summed E-state index contributed by atoms with van der Waals surface area (Å²) in [5, 5.41) is 14.5. The van der Waals surface area contributed by atoms with Crippen molar-refractivity contribution < 1.29 is 19.4 Å². The number of ether oxygens (including phenoxy) is 1. The Balaban J connectivity index is 2.02. The van der Waals surface area contributed by atoms with Gasteiger partial charge in [0.15, 0.2) is 0 Å². The van der Waals surface area contributed by atoms with Gasteiger partial charge in [0.05, 0.1) is 17.9 Å². The molecule has 0 aliphatic carbocycles. The van der Waals surface area contributed by atoms with Crippen molar-refractivity contribution in [1.82, 2.24) is 5.32 Å². The van der Waals surface area contributed by atoms with Crippen LogP contribution in [0.1, 0.15) is 23.7 Å². The fourth-order valence-corrected chi connectivity index (χ4v) is 2.60. The number of carboxylic acids is 1. The summed E-state index contributed by atoms with van der Waals surface area (Å²) < 4.78 is 5.98. The maximum absolute atomic E-state index is 12.0. The standard InChI is InChI=1S/C14H17BrN2O4/c1-8(9-4-5-21-7-9)16-14(20)17-12-6-10(15)2-3-11(12)13(18)19/h2-3,6,8-9H,4-5,7H2,1H3,(H,18,19)(H2,16,17,20). The maximum Gasteiger partial charge on any atom is 0.337 e. The number of rotatable bonds is 4. The molecule has 1 heterocycles. The predicted octanol–water partition coefficient (Wildman–Crippen LogP) is 2.69. The third kappa shape index (κ3) is 4.18. The third-order valence-corrected chi connectivity index (χ3v) is 3.98. The van der Waals surface area contributed by atoms with Crippen molar-refractivity contribution in [2.45, 2.75) is 19.4 Å². The molecule has 0 aromatic heterocycles. The Morgan fingerprint density at radius 3 is 2.86 bits per heavy atom. The summed E-state index contributed by atoms with van der Waals surface area (Å²) in [6.07, 6.45) is 0.915. The minimum atomic E-state index is -1.09. The van der Waals surface area contributed by atoms with Gasteiger partial charge in [0.1, 0.15) is 0 Å². The number of nitrogens with one attached hydrogen (secondary N) is 2. The zero-order valence-electron chi connectivity index (χ0n) is 11.6. The summed E-state index contributed by atoms with van der Waals surface area (Å²) in [6.45, 7) is 3.27. The first-order chi connectivity index (χ1) is 9.97. The van der Waals surface area contributed by atoms with E-state index in [-0.39, 0.29) is 23.2 Å². The molecule has 1 saturated heterocycles. The highest BCUT2D eigenvalue weighted by atomic mass is 79.9. The molecule has 21 heavy (non-hydrogen) atoms. The molecule has 1 fully saturated rings. The molecule has 3 N–H and O–H groups in total. The Kier molecular flexibility index (Phi) is 5.19. The number of aromatic carboxylic acids is 1. The fourth-order valence-electron chi connectivity index (χ4n) is 2.24. The lowest BCUT2D eigenvalue weighted by atomic mass is 10.0. The van der Waals surface area contributed by atoms with Gasteiger partial charge in [-0.2, -0.15) is 0 Å². The molecular formula is C14H17BrN2O4. The predicted molar refractivity (Wildman–Crippen MR) is 81.6 cm³/mol. The quantitative estimate of drug-likeness (QED) is 0.773. The van der Waals surface area contributed by atoms with Crippen LogP contribution in [-0.2, 0) is 4.74 Å². The second kappa shape index (κ2) is 6.91. The van der Waals surface area contributed by atoms with E-state index in [1.807, 2.05) is 6.92 Å². The number of carbonyl (C=O) groups excluding carboxylic acids is 1. The van der Waals surface area contributed by atoms with E-state index in [0.717, 1.165) is 6.42 Å². The van der Waals surface area contributed by atoms with Crippen molar-refractivity contribution in [2.75, 3.05) is 18.5 Å². The molecule has 2 rings (SSSR count). The van der Waals surface area contributed by atoms with E-state index in [4.69, 9.17) is 9.84 Å². The molecule has 2 unspecified atom stereocenters. The topological polar surface area (TPSA) is 87.7 Å². The summed E-state index contributed by atoms with van der Waals surface area (Å²) in [6, 6.07) is 4.16. The second-order valence-electron chi connectivity index (χ2n) is 5.01. The third-order valence-electron chi connectivity index (χ3n) is 3.49. The molecule has 0 radical (unpaired) electrons. The van der Waals surface area contributed by atoms with Crippen LogP contribution in [0, 0.1) is 5.92 Å². The molecule has 1 aliphatic heterocycles. The zero-order chi connectivity index (χ0) is 15.4. The van der Waals surface area contributed by atoms with Crippen LogP contribution in [0.15, 0.2) is 22.7 Å². The number of anilines is 1. The highest BCUT2D eigenvalue weighted by molar-refractivity contribution is 9.10. The summed E-state index contributed by atoms with van der Waals surface area (Å²) in [4.78, 5) is 23.1. The number of carbonyl (C=O) groups is 2. The van der Waals surface area contributed by atoms with Crippen molar-refractivity contribution in [2.24, 2.45) is 5.92 Å². The van der Waals surface area contributed by atoms with Crippen LogP contribution in [0.2, 0.25) is 0 Å². The van der Waals surface area contributed by atoms with Crippen LogP contribution in [0.25, 0.3) is 0 Å². The van der Waals surface area contributed by atoms with E-state index in [1.54, 1.807) is 12.1 Å². The highest BCUT2D eigenvalue weighted by Gasteiger charge is 2.24. The van der Waals surface area contributed by atoms with Gasteiger partial charge in [-0.25, -0.2) is 9.59 Å². The maximum atomic E-state index is 12.0. The minimum absolute atomic E-state index is 0.0343. The van der Waals surface area contributed by atoms with Crippen molar-refractivity contribution >= 4 is 33.6 Å². The monoisotopic (exact) mass is 356 g/mol. The minimum Gasteiger partial charge on any atom is -0.478 e. The first-order valence-electron chi connectivity index (χ1n) is 6.65. The van der Waals surface area contributed by atoms with Gasteiger partial charge in [0, 0.05) is 23.0 Å². The van der Waals surface area contributed by atoms with Gasteiger partial charge >= 0.3 is 12.0 Å². The number of halogens is 1. The number of hydrogen-bond acceptors (Lipinski definition) is 3. The Hall–Kier alpha value is -1.60. The summed E-state index contributed by atoms with van der Waals surface area (Å²) in [5.74, 6) is -0.799. The molecule has 1 aromatic carbocycles. The molecule has 1 aliphatic rings. The number of carboxylic acid groups (broad SMARTS) is 1. The number of amides is 2. The van der Waals surface area contributed by atoms with Gasteiger partial charge in [0.2, 0.25) is 0 Å². The Morgan fingerprint density at radius 1 is 1.48 bits per heavy atom. The molecule has 114 valence electrons. The second-order valence-corrected chi connectivity index (χ2v) is 5.92. The number of benzene rings is 1. The molecule has 7 heteroatoms. The van der Waals surface area contributed by atoms with Gasteiger partial charge in [-0.15, -0.1) is 0 Å². The van der Waals surface area contributed by atoms with Crippen molar-refractivity contribution in [3.8, 4) is 0 Å². The van der Waals surface area contributed by atoms with E-state index in [9.17, 15) is 9.59 Å². The van der Waals surface area contributed by atoms with E-state index in [0.29, 0.717) is 17.7 Å². The molecule has 6 nitrogen and oxygen atoms in total. The SMILES string of the molecule is CC(NC(=O)Nc1cc(Br)ccc1C(=O)O)C1CCOC1. The summed E-state index contributed by atoms with van der Waals surface area (Å²) in [7, 11) is 0. The number of hydrogen-bond donors (Lipinski definition) is 3. The van der Waals surface area contributed by atoms with Crippen molar-refractivity contribution in [3.63, 3.8) is 0 Å². The van der Waals surface area contributed by atoms with E-state index in [1.165, 1.54) is 6.07 Å². The van der Waals surface area contributed by atoms with E-state index < -0.39 is 12.0 Å². The lowest BCUT2D eigenvalue weighted by Crippen LogP contribution is -2.41. The van der Waals surface area contributed by atoms with Crippen LogP contribution in [0.3, 0.4) is 0 Å². The molecule has 2 atom stereocenters. The Morgan fingerprint density at radius 2 is 2.24 bits per heavy atom. The van der Waals surface area contributed by atoms with E-state index in [2.05, 4.69) is 26.6 Å². The summed E-state index contributed by atoms with van der Waals surface area (Å²) >= 11 is 3.26. The first-order valence-corrected chi connectivity index (χ1v) is 7.45. The first kappa shape index (κ1) is 15.8. The van der Waals surface area contributed by atoms with Crippen LogP contribution >= 0.6 is 15.9 Å². The molecule has 0 spiro atoms. The molecule has 0 saturated carbocycles. The normalized spacial score (nSPS) is 19.0. The molecular weight excluding hydrogens is 340 g/mol. The van der Waals surface area contributed by atoms with Crippen molar-refractivity contribution in [3.05, 3.63) is 28.2 Å². The van der Waals surface area contributed by atoms with E-state index >= 15 is 0 Å². The molecule has 0 bridgehead atoms. The van der Waals surface area contributed by atoms with Crippen LogP contribution in [0.5, 0.6) is 0 Å². The number of urea groups is 1. The molecule has 2 amide bonds.